The Bertz CT molecular complexity index is 1360. The average Bonchev–Trinajstić information content (AvgIpc) is 3.22. The standard InChI is InChI=1S/C36H51FN4O4/c1-24-17-38(30(18-39-25(2)21-44-22-26(39)3)19-40(24)34(43)45-35(4,5)6)20-33(42)41-23-36(7,8)31-14-11-28(16-32(31)41)15-27-9-12-29(37)13-10-27/h9-14,16,24-26,30H,15,17-23H2,1-8H3/t24-,25-,26-,30+/m1/s1. The summed E-state index contributed by atoms with van der Waals surface area (Å²) in [6.45, 7) is 20.4. The van der Waals surface area contributed by atoms with Gasteiger partial charge >= 0.3 is 6.09 Å². The molecule has 2 saturated heterocycles. The lowest BCUT2D eigenvalue weighted by Gasteiger charge is -2.49. The summed E-state index contributed by atoms with van der Waals surface area (Å²) in [7, 11) is 0. The Labute approximate surface area is 268 Å². The molecule has 0 saturated carbocycles. The molecular weight excluding hydrogens is 571 g/mol. The molecule has 4 atom stereocenters. The summed E-state index contributed by atoms with van der Waals surface area (Å²) < 4.78 is 25.1. The minimum Gasteiger partial charge on any atom is -0.444 e. The topological polar surface area (TPSA) is 65.6 Å². The van der Waals surface area contributed by atoms with Gasteiger partial charge in [-0.1, -0.05) is 38.1 Å². The number of ether oxygens (including phenoxy) is 2. The molecular formula is C36H51FN4O4. The maximum absolute atomic E-state index is 14.3. The highest BCUT2D eigenvalue weighted by Gasteiger charge is 2.42. The minimum atomic E-state index is -0.585. The molecule has 0 N–H and O–H groups in total. The number of fused-ring (bicyclic) bond motifs is 1. The van der Waals surface area contributed by atoms with Crippen molar-refractivity contribution in [3.05, 3.63) is 65.0 Å². The van der Waals surface area contributed by atoms with Crippen molar-refractivity contribution >= 4 is 17.7 Å². The summed E-state index contributed by atoms with van der Waals surface area (Å²) in [4.78, 5) is 36.0. The fourth-order valence-electron chi connectivity index (χ4n) is 7.06. The largest absolute Gasteiger partial charge is 0.444 e. The van der Waals surface area contributed by atoms with Gasteiger partial charge in [0.25, 0.3) is 0 Å². The van der Waals surface area contributed by atoms with Crippen LogP contribution in [0.4, 0.5) is 14.9 Å². The van der Waals surface area contributed by atoms with Gasteiger partial charge in [0.15, 0.2) is 0 Å². The summed E-state index contributed by atoms with van der Waals surface area (Å²) in [5, 5.41) is 0. The van der Waals surface area contributed by atoms with Gasteiger partial charge in [0.05, 0.1) is 19.8 Å². The number of anilines is 1. The van der Waals surface area contributed by atoms with Crippen LogP contribution in [-0.2, 0) is 26.1 Å². The first-order valence-corrected chi connectivity index (χ1v) is 16.4. The zero-order valence-electron chi connectivity index (χ0n) is 28.3. The predicted molar refractivity (Wildman–Crippen MR) is 175 cm³/mol. The van der Waals surface area contributed by atoms with E-state index in [1.54, 1.807) is 0 Å². The smallest absolute Gasteiger partial charge is 0.410 e. The molecule has 3 heterocycles. The van der Waals surface area contributed by atoms with Gasteiger partial charge in [-0.2, -0.15) is 0 Å². The minimum absolute atomic E-state index is 0.0411. The van der Waals surface area contributed by atoms with Gasteiger partial charge in [-0.25, -0.2) is 9.18 Å². The van der Waals surface area contributed by atoms with Crippen molar-refractivity contribution in [3.8, 4) is 0 Å². The van der Waals surface area contributed by atoms with Crippen LogP contribution in [0, 0.1) is 5.82 Å². The van der Waals surface area contributed by atoms with Crippen molar-refractivity contribution in [1.29, 1.82) is 0 Å². The Kier molecular flexibility index (Phi) is 9.64. The van der Waals surface area contributed by atoms with E-state index in [1.165, 1.54) is 12.1 Å². The Morgan fingerprint density at radius 1 is 0.956 bits per heavy atom. The zero-order valence-corrected chi connectivity index (χ0v) is 28.3. The van der Waals surface area contributed by atoms with Crippen molar-refractivity contribution in [2.24, 2.45) is 0 Å². The number of carbonyl (C=O) groups is 2. The quantitative estimate of drug-likeness (QED) is 0.427. The summed E-state index contributed by atoms with van der Waals surface area (Å²) in [6.07, 6.45) is 0.357. The number of carbonyl (C=O) groups excluding carboxylic acids is 2. The molecule has 8 nitrogen and oxygen atoms in total. The van der Waals surface area contributed by atoms with Gasteiger partial charge in [-0.15, -0.1) is 0 Å². The van der Waals surface area contributed by atoms with Crippen LogP contribution in [0.2, 0.25) is 0 Å². The van der Waals surface area contributed by atoms with Gasteiger partial charge in [0, 0.05) is 61.4 Å². The Hall–Kier alpha value is -3.01. The molecule has 0 aliphatic carbocycles. The summed E-state index contributed by atoms with van der Waals surface area (Å²) in [6, 6.07) is 13.3. The van der Waals surface area contributed by atoms with Crippen molar-refractivity contribution in [2.75, 3.05) is 50.8 Å². The predicted octanol–water partition coefficient (Wildman–Crippen LogP) is 5.46. The van der Waals surface area contributed by atoms with Gasteiger partial charge < -0.3 is 19.3 Å². The number of hydrogen-bond acceptors (Lipinski definition) is 6. The second kappa shape index (κ2) is 13.0. The van der Waals surface area contributed by atoms with E-state index in [-0.39, 0.29) is 53.9 Å². The van der Waals surface area contributed by atoms with Crippen molar-refractivity contribution in [3.63, 3.8) is 0 Å². The first-order valence-electron chi connectivity index (χ1n) is 16.4. The van der Waals surface area contributed by atoms with E-state index in [0.29, 0.717) is 39.3 Å². The van der Waals surface area contributed by atoms with E-state index >= 15 is 0 Å². The number of nitrogens with zero attached hydrogens (tertiary/aromatic N) is 4. The molecule has 246 valence electrons. The molecule has 2 aromatic carbocycles. The Morgan fingerprint density at radius 3 is 2.24 bits per heavy atom. The molecule has 2 fully saturated rings. The molecule has 0 aromatic heterocycles. The molecule has 3 aliphatic heterocycles. The lowest BCUT2D eigenvalue weighted by Crippen LogP contribution is -2.65. The monoisotopic (exact) mass is 622 g/mol. The van der Waals surface area contributed by atoms with Crippen LogP contribution in [0.15, 0.2) is 42.5 Å². The summed E-state index contributed by atoms with van der Waals surface area (Å²) in [5.41, 5.74) is 3.46. The normalized spacial score (nSPS) is 25.7. The van der Waals surface area contributed by atoms with Crippen LogP contribution in [0.1, 0.15) is 72.1 Å². The van der Waals surface area contributed by atoms with E-state index in [0.717, 1.165) is 28.9 Å². The molecule has 0 radical (unpaired) electrons. The molecule has 5 rings (SSSR count). The van der Waals surface area contributed by atoms with Gasteiger partial charge in [0.2, 0.25) is 5.91 Å². The van der Waals surface area contributed by atoms with Crippen LogP contribution < -0.4 is 4.90 Å². The molecule has 9 heteroatoms. The summed E-state index contributed by atoms with van der Waals surface area (Å²) in [5.74, 6) is -0.185. The summed E-state index contributed by atoms with van der Waals surface area (Å²) >= 11 is 0. The van der Waals surface area contributed by atoms with Crippen LogP contribution >= 0.6 is 0 Å². The van der Waals surface area contributed by atoms with Crippen LogP contribution in [0.3, 0.4) is 0 Å². The zero-order chi connectivity index (χ0) is 32.7. The van der Waals surface area contributed by atoms with E-state index < -0.39 is 5.60 Å². The van der Waals surface area contributed by atoms with Crippen molar-refractivity contribution < 1.29 is 23.5 Å². The van der Waals surface area contributed by atoms with E-state index in [1.807, 2.05) is 49.6 Å². The number of hydrogen-bond donors (Lipinski definition) is 0. The average molecular weight is 623 g/mol. The highest BCUT2D eigenvalue weighted by molar-refractivity contribution is 5.97. The van der Waals surface area contributed by atoms with Gasteiger partial charge in [-0.3, -0.25) is 14.6 Å². The second-order valence-electron chi connectivity index (χ2n) is 15.0. The van der Waals surface area contributed by atoms with Crippen LogP contribution in [0.25, 0.3) is 0 Å². The third kappa shape index (κ3) is 7.69. The van der Waals surface area contributed by atoms with E-state index in [4.69, 9.17) is 9.47 Å². The van der Waals surface area contributed by atoms with Crippen molar-refractivity contribution in [2.45, 2.75) is 97.0 Å². The second-order valence-corrected chi connectivity index (χ2v) is 15.0. The third-order valence-electron chi connectivity index (χ3n) is 9.45. The maximum Gasteiger partial charge on any atom is 0.410 e. The van der Waals surface area contributed by atoms with Crippen LogP contribution in [0.5, 0.6) is 0 Å². The highest BCUT2D eigenvalue weighted by Crippen LogP contribution is 2.41. The number of rotatable bonds is 6. The first-order chi connectivity index (χ1) is 21.1. The molecule has 0 bridgehead atoms. The highest BCUT2D eigenvalue weighted by atomic mass is 19.1. The molecule has 2 amide bonds. The first kappa shape index (κ1) is 33.4. The third-order valence-corrected chi connectivity index (χ3v) is 9.45. The number of halogens is 1. The van der Waals surface area contributed by atoms with Gasteiger partial charge in [-0.05, 0) is 82.9 Å². The molecule has 2 aromatic rings. The van der Waals surface area contributed by atoms with Crippen molar-refractivity contribution in [1.82, 2.24) is 14.7 Å². The Balaban J connectivity index is 1.37. The maximum atomic E-state index is 14.3. The fourth-order valence-corrected chi connectivity index (χ4v) is 7.06. The Morgan fingerprint density at radius 2 is 1.60 bits per heavy atom. The van der Waals surface area contributed by atoms with Gasteiger partial charge in [0.1, 0.15) is 11.4 Å². The molecule has 45 heavy (non-hydrogen) atoms. The molecule has 0 spiro atoms. The van der Waals surface area contributed by atoms with Crippen LogP contribution in [-0.4, -0.2) is 102 Å². The van der Waals surface area contributed by atoms with E-state index in [2.05, 4.69) is 55.7 Å². The molecule has 0 unspecified atom stereocenters. The molecule has 3 aliphatic rings. The lowest BCUT2D eigenvalue weighted by molar-refractivity contribution is -0.122. The SMILES string of the molecule is C[C@@H]1CN(CC(=O)N2CC(C)(C)c3ccc(Cc4ccc(F)cc4)cc32)[C@@H](CN2[C@H](C)COC[C@H]2C)CN1C(=O)OC(C)(C)C. The number of morpholine rings is 1. The fraction of sp³-hybridized carbons (Fsp3) is 0.611. The lowest BCUT2D eigenvalue weighted by atomic mass is 9.86. The number of piperazine rings is 1. The number of amides is 2. The number of benzene rings is 2. The van der Waals surface area contributed by atoms with E-state index in [9.17, 15) is 14.0 Å².